The van der Waals surface area contributed by atoms with Crippen molar-refractivity contribution in [2.45, 2.75) is 0 Å². The van der Waals surface area contributed by atoms with Gasteiger partial charge in [-0.3, -0.25) is 24.6 Å². The Balaban J connectivity index is 1.40. The number of benzene rings is 3. The molecule has 0 bridgehead atoms. The average molecular weight is 488 g/mol. The summed E-state index contributed by atoms with van der Waals surface area (Å²) in [5.74, 6) is -0.244. The Morgan fingerprint density at radius 1 is 0.971 bits per heavy atom. The van der Waals surface area contributed by atoms with Gasteiger partial charge in [-0.2, -0.15) is 0 Å². The van der Waals surface area contributed by atoms with Crippen molar-refractivity contribution < 1.29 is 23.9 Å². The number of rotatable bonds is 7. The van der Waals surface area contributed by atoms with Crippen LogP contribution in [0.2, 0.25) is 0 Å². The van der Waals surface area contributed by atoms with Crippen LogP contribution in [0.15, 0.2) is 84.4 Å². The minimum absolute atomic E-state index is 0.0278. The van der Waals surface area contributed by atoms with E-state index in [1.807, 2.05) is 6.07 Å². The number of hydrogen-bond donors (Lipinski definition) is 2. The zero-order chi connectivity index (χ0) is 24.8. The number of para-hydroxylation sites is 1. The maximum Gasteiger partial charge on any atom is 0.270 e. The molecule has 9 heteroatoms. The first kappa shape index (κ1) is 23.7. The molecule has 2 N–H and O–H groups in total. The fourth-order valence-electron chi connectivity index (χ4n) is 3.32. The average Bonchev–Trinajstić information content (AvgIpc) is 2.87. The summed E-state index contributed by atoms with van der Waals surface area (Å²) in [5, 5.41) is 5.31. The summed E-state index contributed by atoms with van der Waals surface area (Å²) in [6, 6.07) is 22.5. The van der Waals surface area contributed by atoms with Crippen LogP contribution in [0.5, 0.6) is 11.5 Å². The van der Waals surface area contributed by atoms with E-state index in [1.54, 1.807) is 79.9 Å². The fraction of sp³-hybridized carbons (Fsp3) is 0.0769. The van der Waals surface area contributed by atoms with Crippen LogP contribution in [0.4, 0.5) is 11.4 Å². The molecule has 1 aliphatic rings. The predicted octanol–water partition coefficient (Wildman–Crippen LogP) is 3.54. The van der Waals surface area contributed by atoms with E-state index in [0.29, 0.717) is 28.4 Å². The topological polar surface area (TPSA) is 97.0 Å². The molecule has 1 fully saturated rings. The third-order valence-electron chi connectivity index (χ3n) is 5.05. The molecule has 0 unspecified atom stereocenters. The number of carbonyl (C=O) groups is 3. The van der Waals surface area contributed by atoms with Gasteiger partial charge in [-0.15, -0.1) is 0 Å². The lowest BCUT2D eigenvalue weighted by Crippen LogP contribution is -2.54. The summed E-state index contributed by atoms with van der Waals surface area (Å²) in [5.41, 5.74) is 1.75. The van der Waals surface area contributed by atoms with Gasteiger partial charge in [0.25, 0.3) is 17.7 Å². The van der Waals surface area contributed by atoms with E-state index in [0.717, 1.165) is 0 Å². The molecular formula is C26H21N3O5S. The molecule has 0 radical (unpaired) electrons. The number of ether oxygens (including phenoxy) is 2. The van der Waals surface area contributed by atoms with E-state index in [-0.39, 0.29) is 23.2 Å². The molecule has 3 amide bonds. The van der Waals surface area contributed by atoms with Gasteiger partial charge in [-0.1, -0.05) is 30.3 Å². The first-order chi connectivity index (χ1) is 16.9. The molecular weight excluding hydrogens is 466 g/mol. The Labute approximate surface area is 207 Å². The van der Waals surface area contributed by atoms with E-state index in [9.17, 15) is 14.4 Å². The zero-order valence-electron chi connectivity index (χ0n) is 18.7. The van der Waals surface area contributed by atoms with Crippen molar-refractivity contribution in [2.75, 3.05) is 23.9 Å². The number of methoxy groups -OCH3 is 1. The van der Waals surface area contributed by atoms with Crippen LogP contribution in [-0.4, -0.2) is 36.6 Å². The monoisotopic (exact) mass is 487 g/mol. The normalized spacial score (nSPS) is 14.5. The largest absolute Gasteiger partial charge is 0.497 e. The number of carbonyl (C=O) groups excluding carboxylic acids is 3. The van der Waals surface area contributed by atoms with E-state index < -0.39 is 11.8 Å². The summed E-state index contributed by atoms with van der Waals surface area (Å²) >= 11 is 5.19. The van der Waals surface area contributed by atoms with Crippen LogP contribution in [0, 0.1) is 0 Å². The number of thiocarbonyl (C=S) groups is 1. The standard InChI is InChI=1S/C26H21N3O5S/c1-33-20-13-9-18(10-14-20)27-23(30)16-34-21-11-7-17(8-12-21)15-22-24(31)28-26(35)29(25(22)32)19-5-3-2-4-6-19/h2-15H,16H2,1H3,(H,27,30)(H,28,31,35)/b22-15-. The van der Waals surface area contributed by atoms with Gasteiger partial charge < -0.3 is 14.8 Å². The minimum atomic E-state index is -0.567. The lowest BCUT2D eigenvalue weighted by atomic mass is 10.1. The first-order valence-electron chi connectivity index (χ1n) is 10.6. The van der Waals surface area contributed by atoms with Gasteiger partial charge in [0.2, 0.25) is 0 Å². The molecule has 1 heterocycles. The summed E-state index contributed by atoms with van der Waals surface area (Å²) < 4.78 is 10.6. The molecule has 0 saturated carbocycles. The zero-order valence-corrected chi connectivity index (χ0v) is 19.5. The Kier molecular flexibility index (Phi) is 7.18. The number of amides is 3. The fourth-order valence-corrected chi connectivity index (χ4v) is 3.60. The highest BCUT2D eigenvalue weighted by Gasteiger charge is 2.34. The van der Waals surface area contributed by atoms with Crippen LogP contribution in [0.1, 0.15) is 5.56 Å². The highest BCUT2D eigenvalue weighted by atomic mass is 32.1. The second kappa shape index (κ2) is 10.6. The molecule has 3 aromatic rings. The highest BCUT2D eigenvalue weighted by Crippen LogP contribution is 2.22. The van der Waals surface area contributed by atoms with Crippen molar-refractivity contribution in [3.63, 3.8) is 0 Å². The summed E-state index contributed by atoms with van der Waals surface area (Å²) in [4.78, 5) is 38.9. The van der Waals surface area contributed by atoms with E-state index in [4.69, 9.17) is 21.7 Å². The Hall–Kier alpha value is -4.50. The first-order valence-corrected chi connectivity index (χ1v) is 11.0. The highest BCUT2D eigenvalue weighted by molar-refractivity contribution is 7.80. The smallest absolute Gasteiger partial charge is 0.270 e. The van der Waals surface area contributed by atoms with Crippen molar-refractivity contribution in [3.05, 3.63) is 90.0 Å². The lowest BCUT2D eigenvalue weighted by Gasteiger charge is -2.28. The molecule has 0 spiro atoms. The Bertz CT molecular complexity index is 1290. The van der Waals surface area contributed by atoms with Crippen LogP contribution in [-0.2, 0) is 14.4 Å². The summed E-state index contributed by atoms with van der Waals surface area (Å²) in [7, 11) is 1.57. The number of anilines is 2. The van der Waals surface area contributed by atoms with Crippen LogP contribution >= 0.6 is 12.2 Å². The third-order valence-corrected chi connectivity index (χ3v) is 5.34. The van der Waals surface area contributed by atoms with Crippen LogP contribution < -0.4 is 25.0 Å². The summed E-state index contributed by atoms with van der Waals surface area (Å²) in [6.45, 7) is -0.184. The van der Waals surface area contributed by atoms with Gasteiger partial charge in [0.05, 0.1) is 12.8 Å². The van der Waals surface area contributed by atoms with Gasteiger partial charge in [0.15, 0.2) is 11.7 Å². The second-order valence-electron chi connectivity index (χ2n) is 7.43. The molecule has 35 heavy (non-hydrogen) atoms. The number of nitrogens with one attached hydrogen (secondary N) is 2. The van der Waals surface area contributed by atoms with Crippen LogP contribution in [0.25, 0.3) is 6.08 Å². The molecule has 1 saturated heterocycles. The lowest BCUT2D eigenvalue weighted by molar-refractivity contribution is -0.122. The maximum atomic E-state index is 13.0. The molecule has 0 aliphatic carbocycles. The van der Waals surface area contributed by atoms with Gasteiger partial charge in [0.1, 0.15) is 17.1 Å². The minimum Gasteiger partial charge on any atom is -0.497 e. The molecule has 1 aliphatic heterocycles. The van der Waals surface area contributed by atoms with Crippen molar-refractivity contribution in [1.82, 2.24) is 5.32 Å². The van der Waals surface area contributed by atoms with Crippen molar-refractivity contribution in [1.29, 1.82) is 0 Å². The molecule has 3 aromatic carbocycles. The van der Waals surface area contributed by atoms with Gasteiger partial charge in [-0.05, 0) is 72.4 Å². The van der Waals surface area contributed by atoms with Crippen molar-refractivity contribution in [3.8, 4) is 11.5 Å². The molecule has 0 atom stereocenters. The van der Waals surface area contributed by atoms with Crippen molar-refractivity contribution in [2.24, 2.45) is 0 Å². The Morgan fingerprint density at radius 2 is 1.63 bits per heavy atom. The molecule has 176 valence electrons. The van der Waals surface area contributed by atoms with E-state index >= 15 is 0 Å². The molecule has 8 nitrogen and oxygen atoms in total. The van der Waals surface area contributed by atoms with E-state index in [2.05, 4.69) is 10.6 Å². The predicted molar refractivity (Wildman–Crippen MR) is 136 cm³/mol. The van der Waals surface area contributed by atoms with Gasteiger partial charge >= 0.3 is 0 Å². The maximum absolute atomic E-state index is 13.0. The number of nitrogens with zero attached hydrogens (tertiary/aromatic N) is 1. The quantitative estimate of drug-likeness (QED) is 0.301. The van der Waals surface area contributed by atoms with Crippen LogP contribution in [0.3, 0.4) is 0 Å². The SMILES string of the molecule is COc1ccc(NC(=O)COc2ccc(/C=C3/C(=O)NC(=S)N(c4ccccc4)C3=O)cc2)cc1. The summed E-state index contributed by atoms with van der Waals surface area (Å²) in [6.07, 6.45) is 1.48. The number of hydrogen-bond acceptors (Lipinski definition) is 6. The molecule has 4 rings (SSSR count). The van der Waals surface area contributed by atoms with E-state index in [1.165, 1.54) is 11.0 Å². The third kappa shape index (κ3) is 5.71. The Morgan fingerprint density at radius 3 is 2.29 bits per heavy atom. The van der Waals surface area contributed by atoms with Gasteiger partial charge in [0, 0.05) is 5.69 Å². The van der Waals surface area contributed by atoms with Crippen molar-refractivity contribution >= 4 is 52.5 Å². The van der Waals surface area contributed by atoms with Gasteiger partial charge in [-0.25, -0.2) is 0 Å². The molecule has 0 aromatic heterocycles. The second-order valence-corrected chi connectivity index (χ2v) is 7.81.